The highest BCUT2D eigenvalue weighted by Crippen LogP contribution is 2.52. The molecule has 0 unspecified atom stereocenters. The average molecular weight is 377 g/mol. The van der Waals surface area contributed by atoms with Gasteiger partial charge >= 0.3 is 0 Å². The van der Waals surface area contributed by atoms with Crippen LogP contribution in [0.3, 0.4) is 0 Å². The monoisotopic (exact) mass is 376 g/mol. The number of aryl methyl sites for hydroxylation is 1. The van der Waals surface area contributed by atoms with E-state index in [1.54, 1.807) is 12.1 Å². The maximum atomic E-state index is 12.5. The number of anilines is 1. The van der Waals surface area contributed by atoms with Crippen LogP contribution in [-0.4, -0.2) is 30.5 Å². The predicted molar refractivity (Wildman–Crippen MR) is 96.0 cm³/mol. The van der Waals surface area contributed by atoms with Gasteiger partial charge in [0.1, 0.15) is 10.8 Å². The maximum absolute atomic E-state index is 12.5. The third kappa shape index (κ3) is 1.99. The molecule has 1 fully saturated rings. The number of rotatable bonds is 2. The Bertz CT molecular complexity index is 1020. The summed E-state index contributed by atoms with van der Waals surface area (Å²) in [5.74, 6) is 0.837. The lowest BCUT2D eigenvalue weighted by atomic mass is 9.62. The molecule has 8 heteroatoms. The molecule has 1 N–H and O–H groups in total. The van der Waals surface area contributed by atoms with Crippen LogP contribution < -0.4 is 5.32 Å². The molecule has 1 aliphatic carbocycles. The number of halogens is 1. The first-order valence-electron chi connectivity index (χ1n) is 8.48. The molecule has 3 aliphatic rings. The molecule has 130 valence electrons. The van der Waals surface area contributed by atoms with Gasteiger partial charge in [-0.3, -0.25) is 0 Å². The lowest BCUT2D eigenvalue weighted by Gasteiger charge is -2.40. The van der Waals surface area contributed by atoms with Crippen molar-refractivity contribution >= 4 is 33.2 Å². The van der Waals surface area contributed by atoms with E-state index in [-0.39, 0.29) is 4.90 Å². The topological polar surface area (TPSA) is 76.3 Å². The molecule has 0 radical (unpaired) electrons. The lowest BCUT2D eigenvalue weighted by Crippen LogP contribution is -2.43. The Morgan fingerprint density at radius 1 is 1.20 bits per heavy atom. The second kappa shape index (κ2) is 5.08. The molecule has 1 aromatic heterocycles. The van der Waals surface area contributed by atoms with Crippen LogP contribution in [0.1, 0.15) is 36.9 Å². The van der Waals surface area contributed by atoms with Gasteiger partial charge in [-0.2, -0.15) is 17.9 Å². The molecule has 5 rings (SSSR count). The Morgan fingerprint density at radius 2 is 2.00 bits per heavy atom. The fourth-order valence-corrected chi connectivity index (χ4v) is 5.77. The van der Waals surface area contributed by atoms with Crippen LogP contribution >= 0.6 is 11.6 Å². The smallest absolute Gasteiger partial charge is 0.283 e. The van der Waals surface area contributed by atoms with Crippen LogP contribution in [0.4, 0.5) is 5.82 Å². The van der Waals surface area contributed by atoms with Crippen molar-refractivity contribution in [3.8, 4) is 0 Å². The van der Waals surface area contributed by atoms with E-state index in [0.717, 1.165) is 50.3 Å². The molecule has 0 saturated heterocycles. The van der Waals surface area contributed by atoms with E-state index < -0.39 is 15.4 Å². The standard InChI is InChI=1S/C17H17ClN4O2S/c18-13-15(20-22-10-4-9-19-16(13)22)17(7-3-8-17)14-11-5-1-2-6-12(11)25(23,24)21-14/h1-2,5-6,19H,3-4,7-10H2. The predicted octanol–water partition coefficient (Wildman–Crippen LogP) is 2.97. The van der Waals surface area contributed by atoms with Gasteiger partial charge in [0, 0.05) is 18.7 Å². The summed E-state index contributed by atoms with van der Waals surface area (Å²) in [5, 5.41) is 8.67. The first-order valence-corrected chi connectivity index (χ1v) is 10.3. The van der Waals surface area contributed by atoms with E-state index in [0.29, 0.717) is 16.3 Å². The molecule has 2 aromatic rings. The van der Waals surface area contributed by atoms with E-state index in [4.69, 9.17) is 16.7 Å². The zero-order chi connectivity index (χ0) is 17.2. The molecule has 6 nitrogen and oxygen atoms in total. The van der Waals surface area contributed by atoms with Crippen molar-refractivity contribution in [1.82, 2.24) is 9.78 Å². The number of nitrogens with zero attached hydrogens (tertiary/aromatic N) is 3. The van der Waals surface area contributed by atoms with Crippen LogP contribution in [0.2, 0.25) is 5.02 Å². The van der Waals surface area contributed by atoms with Gasteiger partial charge in [-0.25, -0.2) is 4.68 Å². The summed E-state index contributed by atoms with van der Waals surface area (Å²) in [5.41, 5.74) is 1.54. The molecule has 0 spiro atoms. The Balaban J connectivity index is 1.72. The van der Waals surface area contributed by atoms with E-state index >= 15 is 0 Å². The van der Waals surface area contributed by atoms with Crippen LogP contribution in [0, 0.1) is 0 Å². The fraction of sp³-hybridized carbons (Fsp3) is 0.412. The zero-order valence-corrected chi connectivity index (χ0v) is 15.1. The SMILES string of the molecule is O=S1(=O)N=C(C2(c3nn4c(c3Cl)NCCC4)CCC2)c2ccccc21. The van der Waals surface area contributed by atoms with E-state index in [1.807, 2.05) is 16.8 Å². The van der Waals surface area contributed by atoms with Gasteiger partial charge in [0.2, 0.25) is 0 Å². The summed E-state index contributed by atoms with van der Waals surface area (Å²) < 4.78 is 31.1. The van der Waals surface area contributed by atoms with Crippen LogP contribution in [0.5, 0.6) is 0 Å². The molecule has 0 amide bonds. The van der Waals surface area contributed by atoms with Gasteiger partial charge in [0.05, 0.1) is 21.7 Å². The van der Waals surface area contributed by atoms with Crippen molar-refractivity contribution < 1.29 is 8.42 Å². The Kier molecular flexibility index (Phi) is 3.13. The van der Waals surface area contributed by atoms with Crippen LogP contribution in [0.15, 0.2) is 33.6 Å². The number of hydrogen-bond acceptors (Lipinski definition) is 4. The third-order valence-corrected chi connectivity index (χ3v) is 7.17. The minimum absolute atomic E-state index is 0.287. The molecule has 2 aliphatic heterocycles. The highest BCUT2D eigenvalue weighted by atomic mass is 35.5. The summed E-state index contributed by atoms with van der Waals surface area (Å²) in [6, 6.07) is 7.03. The normalized spacial score (nSPS) is 22.4. The number of fused-ring (bicyclic) bond motifs is 2. The molecule has 0 bridgehead atoms. The Labute approximate surface area is 151 Å². The molecule has 1 aromatic carbocycles. The van der Waals surface area contributed by atoms with Crippen molar-refractivity contribution in [1.29, 1.82) is 0 Å². The van der Waals surface area contributed by atoms with Crippen molar-refractivity contribution in [3.63, 3.8) is 0 Å². The second-order valence-corrected chi connectivity index (χ2v) is 8.81. The molecule has 25 heavy (non-hydrogen) atoms. The Morgan fingerprint density at radius 3 is 2.72 bits per heavy atom. The summed E-state index contributed by atoms with van der Waals surface area (Å²) >= 11 is 6.67. The number of sulfonamides is 1. The van der Waals surface area contributed by atoms with Gasteiger partial charge in [-0.15, -0.1) is 0 Å². The van der Waals surface area contributed by atoms with E-state index in [1.165, 1.54) is 0 Å². The van der Waals surface area contributed by atoms with Gasteiger partial charge in [0.25, 0.3) is 10.0 Å². The average Bonchev–Trinajstić information content (AvgIpc) is 3.04. The van der Waals surface area contributed by atoms with Gasteiger partial charge in [-0.05, 0) is 25.3 Å². The van der Waals surface area contributed by atoms with Gasteiger partial charge in [-0.1, -0.05) is 36.2 Å². The third-order valence-electron chi connectivity index (χ3n) is 5.48. The van der Waals surface area contributed by atoms with Crippen molar-refractivity contribution in [2.45, 2.75) is 42.5 Å². The Hall–Kier alpha value is -1.86. The zero-order valence-electron chi connectivity index (χ0n) is 13.5. The molecule has 1 saturated carbocycles. The van der Waals surface area contributed by atoms with Crippen molar-refractivity contribution in [3.05, 3.63) is 40.5 Å². The second-order valence-electron chi connectivity index (χ2n) is 6.86. The number of benzene rings is 1. The van der Waals surface area contributed by atoms with Crippen LogP contribution in [-0.2, 0) is 22.0 Å². The van der Waals surface area contributed by atoms with E-state index in [2.05, 4.69) is 9.71 Å². The summed E-state index contributed by atoms with van der Waals surface area (Å²) in [7, 11) is -3.64. The van der Waals surface area contributed by atoms with Crippen LogP contribution in [0.25, 0.3) is 0 Å². The highest BCUT2D eigenvalue weighted by Gasteiger charge is 2.51. The summed E-state index contributed by atoms with van der Waals surface area (Å²) in [6.07, 6.45) is 3.63. The van der Waals surface area contributed by atoms with Gasteiger partial charge in [0.15, 0.2) is 0 Å². The summed E-state index contributed by atoms with van der Waals surface area (Å²) in [4.78, 5) is 0.287. The first-order chi connectivity index (χ1) is 12.0. The molecular weight excluding hydrogens is 360 g/mol. The lowest BCUT2D eigenvalue weighted by molar-refractivity contribution is 0.330. The molecule has 0 atom stereocenters. The summed E-state index contributed by atoms with van der Waals surface area (Å²) in [6.45, 7) is 1.69. The maximum Gasteiger partial charge on any atom is 0.283 e. The van der Waals surface area contributed by atoms with Crippen molar-refractivity contribution in [2.24, 2.45) is 4.40 Å². The first kappa shape index (κ1) is 15.4. The van der Waals surface area contributed by atoms with E-state index in [9.17, 15) is 8.42 Å². The van der Waals surface area contributed by atoms with Crippen molar-refractivity contribution in [2.75, 3.05) is 11.9 Å². The quantitative estimate of drug-likeness (QED) is 0.874. The molecular formula is C17H17ClN4O2S. The number of nitrogens with one attached hydrogen (secondary N) is 1. The minimum atomic E-state index is -3.64. The fourth-order valence-electron chi connectivity index (χ4n) is 4.08. The highest BCUT2D eigenvalue weighted by molar-refractivity contribution is 7.90. The minimum Gasteiger partial charge on any atom is -0.369 e. The van der Waals surface area contributed by atoms with Gasteiger partial charge < -0.3 is 5.32 Å². The largest absolute Gasteiger partial charge is 0.369 e. The number of hydrogen-bond donors (Lipinski definition) is 1. The molecule has 3 heterocycles. The number of aromatic nitrogens is 2.